The zero-order valence-electron chi connectivity index (χ0n) is 6.71. The van der Waals surface area contributed by atoms with E-state index in [1.807, 2.05) is 0 Å². The third-order valence-corrected chi connectivity index (χ3v) is 2.04. The van der Waals surface area contributed by atoms with E-state index in [9.17, 15) is 4.79 Å². The molecule has 0 aliphatic rings. The van der Waals surface area contributed by atoms with Crippen LogP contribution in [-0.2, 0) is 4.74 Å². The van der Waals surface area contributed by atoms with Gasteiger partial charge in [0.1, 0.15) is 0 Å². The molecule has 13 heavy (non-hydrogen) atoms. The molecule has 0 amide bonds. The monoisotopic (exact) mass is 264 g/mol. The molecular formula is C8H6BrClO3. The van der Waals surface area contributed by atoms with Crippen molar-refractivity contribution in [1.29, 1.82) is 0 Å². The number of hydrogen-bond acceptors (Lipinski definition) is 3. The number of carbonyl (C=O) groups excluding carboxylic acids is 1. The van der Waals surface area contributed by atoms with Gasteiger partial charge < -0.3 is 9.47 Å². The highest BCUT2D eigenvalue weighted by molar-refractivity contribution is 9.10. The summed E-state index contributed by atoms with van der Waals surface area (Å²) in [6.45, 7) is 0. The summed E-state index contributed by atoms with van der Waals surface area (Å²) < 4.78 is 9.86. The first kappa shape index (κ1) is 10.3. The smallest absolute Gasteiger partial charge is 0.437 e. The number of methoxy groups -OCH3 is 1. The molecule has 0 atom stereocenters. The Bertz CT molecular complexity index is 327. The lowest BCUT2D eigenvalue weighted by atomic mass is 10.3. The molecular weight excluding hydrogens is 259 g/mol. The van der Waals surface area contributed by atoms with Crippen molar-refractivity contribution in [3.05, 3.63) is 27.7 Å². The van der Waals surface area contributed by atoms with Crippen molar-refractivity contribution in [2.75, 3.05) is 7.11 Å². The zero-order valence-corrected chi connectivity index (χ0v) is 9.05. The van der Waals surface area contributed by atoms with Gasteiger partial charge in [-0.25, -0.2) is 4.79 Å². The van der Waals surface area contributed by atoms with Crippen LogP contribution >= 0.6 is 27.5 Å². The van der Waals surface area contributed by atoms with Gasteiger partial charge in [-0.2, -0.15) is 0 Å². The average Bonchev–Trinajstić information content (AvgIpc) is 2.09. The number of halogens is 2. The minimum Gasteiger partial charge on any atom is -0.437 e. The number of rotatable bonds is 1. The standard InChI is InChI=1S/C8H6BrClO3/c1-12-8(11)13-7-3-2-5(9)4-6(7)10/h2-4H,1H3. The van der Waals surface area contributed by atoms with Crippen molar-refractivity contribution in [3.8, 4) is 5.75 Å². The molecule has 3 nitrogen and oxygen atoms in total. The van der Waals surface area contributed by atoms with Gasteiger partial charge in [0.05, 0.1) is 12.1 Å². The number of carbonyl (C=O) groups is 1. The van der Waals surface area contributed by atoms with Crippen molar-refractivity contribution in [2.24, 2.45) is 0 Å². The second kappa shape index (κ2) is 4.48. The van der Waals surface area contributed by atoms with Crippen LogP contribution in [0.2, 0.25) is 5.02 Å². The zero-order chi connectivity index (χ0) is 9.84. The highest BCUT2D eigenvalue weighted by atomic mass is 79.9. The van der Waals surface area contributed by atoms with Crippen molar-refractivity contribution < 1.29 is 14.3 Å². The maximum atomic E-state index is 10.7. The summed E-state index contributed by atoms with van der Waals surface area (Å²) in [6, 6.07) is 4.91. The van der Waals surface area contributed by atoms with Crippen LogP contribution in [0.25, 0.3) is 0 Å². The van der Waals surface area contributed by atoms with Crippen LogP contribution in [0.3, 0.4) is 0 Å². The minimum absolute atomic E-state index is 0.275. The van der Waals surface area contributed by atoms with Crippen LogP contribution in [0.4, 0.5) is 4.79 Å². The average molecular weight is 265 g/mol. The Hall–Kier alpha value is -0.740. The van der Waals surface area contributed by atoms with E-state index in [0.717, 1.165) is 4.47 Å². The van der Waals surface area contributed by atoms with Gasteiger partial charge >= 0.3 is 6.16 Å². The molecule has 0 radical (unpaired) electrons. The molecule has 0 heterocycles. The molecule has 0 saturated carbocycles. The maximum Gasteiger partial charge on any atom is 0.513 e. The first-order chi connectivity index (χ1) is 6.13. The van der Waals surface area contributed by atoms with Crippen molar-refractivity contribution in [1.82, 2.24) is 0 Å². The molecule has 0 aliphatic heterocycles. The van der Waals surface area contributed by atoms with Crippen molar-refractivity contribution >= 4 is 33.7 Å². The Balaban J connectivity index is 2.83. The normalized spacial score (nSPS) is 9.46. The SMILES string of the molecule is COC(=O)Oc1ccc(Br)cc1Cl. The second-order valence-electron chi connectivity index (χ2n) is 2.13. The predicted molar refractivity (Wildman–Crippen MR) is 52.2 cm³/mol. The Labute approximate surface area is 88.7 Å². The van der Waals surface area contributed by atoms with Crippen LogP contribution in [0.5, 0.6) is 5.75 Å². The van der Waals surface area contributed by atoms with Crippen molar-refractivity contribution in [2.45, 2.75) is 0 Å². The largest absolute Gasteiger partial charge is 0.513 e. The highest BCUT2D eigenvalue weighted by Gasteiger charge is 2.07. The summed E-state index contributed by atoms with van der Waals surface area (Å²) in [7, 11) is 1.23. The molecule has 0 spiro atoms. The van der Waals surface area contributed by atoms with Crippen molar-refractivity contribution in [3.63, 3.8) is 0 Å². The third kappa shape index (κ3) is 2.90. The lowest BCUT2D eigenvalue weighted by Crippen LogP contribution is -2.07. The van der Waals surface area contributed by atoms with Gasteiger partial charge in [-0.05, 0) is 18.2 Å². The summed E-state index contributed by atoms with van der Waals surface area (Å²) in [6.07, 6.45) is -0.788. The molecule has 1 aromatic rings. The Morgan fingerprint density at radius 1 is 1.54 bits per heavy atom. The lowest BCUT2D eigenvalue weighted by molar-refractivity contribution is 0.121. The molecule has 0 N–H and O–H groups in total. The highest BCUT2D eigenvalue weighted by Crippen LogP contribution is 2.27. The van der Waals surface area contributed by atoms with Gasteiger partial charge in [-0.15, -0.1) is 0 Å². The Morgan fingerprint density at radius 3 is 2.77 bits per heavy atom. The van der Waals surface area contributed by atoms with Gasteiger partial charge in [0.15, 0.2) is 5.75 Å². The van der Waals surface area contributed by atoms with Crippen LogP contribution in [0.15, 0.2) is 22.7 Å². The van der Waals surface area contributed by atoms with Gasteiger partial charge in [0.25, 0.3) is 0 Å². The van der Waals surface area contributed by atoms with E-state index in [2.05, 4.69) is 20.7 Å². The summed E-state index contributed by atoms with van der Waals surface area (Å²) in [5, 5.41) is 0.347. The summed E-state index contributed by atoms with van der Waals surface area (Å²) in [4.78, 5) is 10.7. The van der Waals surface area contributed by atoms with Gasteiger partial charge in [-0.1, -0.05) is 27.5 Å². The quantitative estimate of drug-likeness (QED) is 0.577. The lowest BCUT2D eigenvalue weighted by Gasteiger charge is -2.04. The molecule has 0 aliphatic carbocycles. The fraction of sp³-hybridized carbons (Fsp3) is 0.125. The van der Waals surface area contributed by atoms with E-state index < -0.39 is 6.16 Å². The van der Waals surface area contributed by atoms with Crippen LogP contribution in [0.1, 0.15) is 0 Å². The number of ether oxygens (including phenoxy) is 2. The van der Waals surface area contributed by atoms with E-state index in [4.69, 9.17) is 16.3 Å². The van der Waals surface area contributed by atoms with E-state index >= 15 is 0 Å². The minimum atomic E-state index is -0.788. The van der Waals surface area contributed by atoms with Gasteiger partial charge in [-0.3, -0.25) is 0 Å². The fourth-order valence-electron chi connectivity index (χ4n) is 0.689. The van der Waals surface area contributed by atoms with E-state index in [1.54, 1.807) is 18.2 Å². The molecule has 0 bridgehead atoms. The van der Waals surface area contributed by atoms with E-state index in [0.29, 0.717) is 5.02 Å². The van der Waals surface area contributed by atoms with Crippen LogP contribution in [-0.4, -0.2) is 13.3 Å². The molecule has 0 aromatic heterocycles. The molecule has 0 unspecified atom stereocenters. The molecule has 1 rings (SSSR count). The molecule has 1 aromatic carbocycles. The third-order valence-electron chi connectivity index (χ3n) is 1.25. The number of benzene rings is 1. The summed E-state index contributed by atoms with van der Waals surface area (Å²) >= 11 is 8.99. The molecule has 0 saturated heterocycles. The molecule has 5 heteroatoms. The molecule has 70 valence electrons. The summed E-state index contributed by atoms with van der Waals surface area (Å²) in [5.74, 6) is 0.275. The Kier molecular flexibility index (Phi) is 3.57. The van der Waals surface area contributed by atoms with E-state index in [-0.39, 0.29) is 5.75 Å². The maximum absolute atomic E-state index is 10.7. The van der Waals surface area contributed by atoms with Crippen LogP contribution < -0.4 is 4.74 Å². The summed E-state index contributed by atoms with van der Waals surface area (Å²) in [5.41, 5.74) is 0. The first-order valence-corrected chi connectivity index (χ1v) is 4.51. The Morgan fingerprint density at radius 2 is 2.23 bits per heavy atom. The van der Waals surface area contributed by atoms with Gasteiger partial charge in [0, 0.05) is 4.47 Å². The predicted octanol–water partition coefficient (Wildman–Crippen LogP) is 3.25. The van der Waals surface area contributed by atoms with E-state index in [1.165, 1.54) is 7.11 Å². The van der Waals surface area contributed by atoms with Gasteiger partial charge in [0.2, 0.25) is 0 Å². The van der Waals surface area contributed by atoms with Crippen LogP contribution in [0, 0.1) is 0 Å². The molecule has 0 fully saturated rings. The topological polar surface area (TPSA) is 35.5 Å². The fourth-order valence-corrected chi connectivity index (χ4v) is 1.40. The first-order valence-electron chi connectivity index (χ1n) is 3.34. The second-order valence-corrected chi connectivity index (χ2v) is 3.45. The number of hydrogen-bond donors (Lipinski definition) is 0.